The Morgan fingerprint density at radius 2 is 2.04 bits per heavy atom. The highest BCUT2D eigenvalue weighted by molar-refractivity contribution is 5.42. The van der Waals surface area contributed by atoms with E-state index in [1.54, 1.807) is 12.4 Å². The molecule has 2 fully saturated rings. The number of nitrogens with one attached hydrogen (secondary N) is 1. The maximum atomic E-state index is 5.41. The Balaban J connectivity index is 1.36. The molecule has 2 aliphatic rings. The van der Waals surface area contributed by atoms with Crippen LogP contribution >= 0.6 is 0 Å². The molecule has 0 spiro atoms. The van der Waals surface area contributed by atoms with Crippen molar-refractivity contribution in [3.63, 3.8) is 0 Å². The molecular weight excluding hydrogens is 330 g/mol. The van der Waals surface area contributed by atoms with Crippen LogP contribution in [0.15, 0.2) is 30.9 Å². The number of anilines is 2. The number of rotatable bonds is 5. The molecule has 0 amide bonds. The number of ether oxygens (including phenoxy) is 1. The van der Waals surface area contributed by atoms with Crippen molar-refractivity contribution in [2.75, 3.05) is 49.6 Å². The maximum Gasteiger partial charge on any atom is 0.227 e. The lowest BCUT2D eigenvalue weighted by atomic mass is 10.1. The van der Waals surface area contributed by atoms with Crippen molar-refractivity contribution in [2.45, 2.75) is 25.4 Å². The van der Waals surface area contributed by atoms with Crippen LogP contribution in [0.4, 0.5) is 11.8 Å². The summed E-state index contributed by atoms with van der Waals surface area (Å²) in [5.41, 5.74) is 1.02. The molecule has 1 unspecified atom stereocenters. The third-order valence-corrected chi connectivity index (χ3v) is 4.80. The molecule has 1 N–H and O–H groups in total. The first-order chi connectivity index (χ1) is 12.9. The van der Waals surface area contributed by atoms with Crippen LogP contribution in [0.25, 0.3) is 0 Å². The standard InChI is InChI=1S/C18H25N7O/c1-2-15(13-24(7-1)14-16-12-19-5-6-20-16)22-17-3-4-21-18(23-17)25-8-10-26-11-9-25/h3-6,12,15H,1-2,7-11,13-14H2,(H,21,22,23). The van der Waals surface area contributed by atoms with E-state index in [-0.39, 0.29) is 0 Å². The number of hydrogen-bond donors (Lipinski definition) is 1. The lowest BCUT2D eigenvalue weighted by Crippen LogP contribution is -2.42. The second-order valence-electron chi connectivity index (χ2n) is 6.76. The Kier molecular flexibility index (Phi) is 5.51. The zero-order chi connectivity index (χ0) is 17.6. The molecule has 8 nitrogen and oxygen atoms in total. The van der Waals surface area contributed by atoms with Crippen LogP contribution in [-0.2, 0) is 11.3 Å². The largest absolute Gasteiger partial charge is 0.378 e. The number of nitrogens with zero attached hydrogens (tertiary/aromatic N) is 6. The number of likely N-dealkylation sites (tertiary alicyclic amines) is 1. The van der Waals surface area contributed by atoms with Gasteiger partial charge in [0.1, 0.15) is 5.82 Å². The van der Waals surface area contributed by atoms with Crippen LogP contribution < -0.4 is 10.2 Å². The summed E-state index contributed by atoms with van der Waals surface area (Å²) in [6.07, 6.45) is 9.46. The molecule has 4 rings (SSSR count). The summed E-state index contributed by atoms with van der Waals surface area (Å²) < 4.78 is 5.41. The van der Waals surface area contributed by atoms with Crippen LogP contribution in [0.3, 0.4) is 0 Å². The van der Waals surface area contributed by atoms with Gasteiger partial charge in [0, 0.05) is 57.0 Å². The van der Waals surface area contributed by atoms with Gasteiger partial charge in [-0.2, -0.15) is 4.98 Å². The summed E-state index contributed by atoms with van der Waals surface area (Å²) in [6, 6.07) is 2.33. The fraction of sp³-hybridized carbons (Fsp3) is 0.556. The van der Waals surface area contributed by atoms with Crippen molar-refractivity contribution >= 4 is 11.8 Å². The molecule has 1 atom stereocenters. The van der Waals surface area contributed by atoms with E-state index in [2.05, 4.69) is 30.1 Å². The van der Waals surface area contributed by atoms with E-state index in [0.717, 1.165) is 69.8 Å². The second-order valence-corrected chi connectivity index (χ2v) is 6.76. The Bertz CT molecular complexity index is 693. The molecule has 0 bridgehead atoms. The summed E-state index contributed by atoms with van der Waals surface area (Å²) in [5.74, 6) is 1.68. The highest BCUT2D eigenvalue weighted by Crippen LogP contribution is 2.18. The lowest BCUT2D eigenvalue weighted by molar-refractivity contribution is 0.122. The average Bonchev–Trinajstić information content (AvgIpc) is 2.70. The first-order valence-electron chi connectivity index (χ1n) is 9.26. The first kappa shape index (κ1) is 17.1. The minimum atomic E-state index is 0.382. The van der Waals surface area contributed by atoms with E-state index in [0.29, 0.717) is 6.04 Å². The monoisotopic (exact) mass is 355 g/mol. The van der Waals surface area contributed by atoms with E-state index in [4.69, 9.17) is 9.72 Å². The fourth-order valence-corrected chi connectivity index (χ4v) is 3.51. The summed E-state index contributed by atoms with van der Waals surface area (Å²) in [6.45, 7) is 6.08. The molecule has 0 aliphatic carbocycles. The molecule has 138 valence electrons. The fourth-order valence-electron chi connectivity index (χ4n) is 3.51. The second kappa shape index (κ2) is 8.37. The van der Waals surface area contributed by atoms with E-state index >= 15 is 0 Å². The van der Waals surface area contributed by atoms with Crippen LogP contribution in [0, 0.1) is 0 Å². The third kappa shape index (κ3) is 4.44. The summed E-state index contributed by atoms with van der Waals surface area (Å²) in [7, 11) is 0. The summed E-state index contributed by atoms with van der Waals surface area (Å²) in [4.78, 5) is 22.3. The first-order valence-corrected chi connectivity index (χ1v) is 9.26. The predicted octanol–water partition coefficient (Wildman–Crippen LogP) is 1.18. The van der Waals surface area contributed by atoms with Crippen molar-refractivity contribution in [2.24, 2.45) is 0 Å². The van der Waals surface area contributed by atoms with Gasteiger partial charge in [-0.3, -0.25) is 14.9 Å². The normalized spacial score (nSPS) is 21.5. The highest BCUT2D eigenvalue weighted by Gasteiger charge is 2.21. The molecule has 0 aromatic carbocycles. The molecule has 0 radical (unpaired) electrons. The lowest BCUT2D eigenvalue weighted by Gasteiger charge is -2.33. The summed E-state index contributed by atoms with van der Waals surface area (Å²) in [5, 5.41) is 3.59. The van der Waals surface area contributed by atoms with Crippen molar-refractivity contribution in [1.29, 1.82) is 0 Å². The zero-order valence-electron chi connectivity index (χ0n) is 14.9. The predicted molar refractivity (Wildman–Crippen MR) is 99.0 cm³/mol. The van der Waals surface area contributed by atoms with E-state index < -0.39 is 0 Å². The van der Waals surface area contributed by atoms with Crippen molar-refractivity contribution in [3.8, 4) is 0 Å². The van der Waals surface area contributed by atoms with Gasteiger partial charge in [-0.15, -0.1) is 0 Å². The topological polar surface area (TPSA) is 79.3 Å². The van der Waals surface area contributed by atoms with Crippen LogP contribution in [0.1, 0.15) is 18.5 Å². The Morgan fingerprint density at radius 1 is 1.12 bits per heavy atom. The molecule has 0 saturated carbocycles. The van der Waals surface area contributed by atoms with Gasteiger partial charge in [0.25, 0.3) is 0 Å². The van der Waals surface area contributed by atoms with E-state index in [1.165, 1.54) is 6.42 Å². The van der Waals surface area contributed by atoms with Gasteiger partial charge >= 0.3 is 0 Å². The van der Waals surface area contributed by atoms with E-state index in [9.17, 15) is 0 Å². The molecule has 2 aromatic heterocycles. The average molecular weight is 355 g/mol. The Morgan fingerprint density at radius 3 is 2.88 bits per heavy atom. The van der Waals surface area contributed by atoms with Crippen LogP contribution in [0.2, 0.25) is 0 Å². The van der Waals surface area contributed by atoms with Gasteiger partial charge in [-0.1, -0.05) is 0 Å². The van der Waals surface area contributed by atoms with Crippen molar-refractivity contribution < 1.29 is 4.74 Å². The SMILES string of the molecule is c1cnc(CN2CCCC(Nc3ccnc(N4CCOCC4)n3)C2)cn1. The Labute approximate surface area is 153 Å². The van der Waals surface area contributed by atoms with Gasteiger partial charge in [0.15, 0.2) is 0 Å². The van der Waals surface area contributed by atoms with Gasteiger partial charge < -0.3 is 15.0 Å². The van der Waals surface area contributed by atoms with Gasteiger partial charge in [-0.25, -0.2) is 4.98 Å². The molecule has 2 aliphatic heterocycles. The number of aromatic nitrogens is 4. The molecule has 4 heterocycles. The molecule has 26 heavy (non-hydrogen) atoms. The zero-order valence-corrected chi connectivity index (χ0v) is 14.9. The van der Waals surface area contributed by atoms with Crippen molar-refractivity contribution in [1.82, 2.24) is 24.8 Å². The highest BCUT2D eigenvalue weighted by atomic mass is 16.5. The van der Waals surface area contributed by atoms with Gasteiger partial charge in [0.05, 0.1) is 18.9 Å². The van der Waals surface area contributed by atoms with Crippen molar-refractivity contribution in [3.05, 3.63) is 36.5 Å². The number of hydrogen-bond acceptors (Lipinski definition) is 8. The smallest absolute Gasteiger partial charge is 0.227 e. The molecule has 2 saturated heterocycles. The van der Waals surface area contributed by atoms with E-state index in [1.807, 2.05) is 18.5 Å². The van der Waals surface area contributed by atoms with Crippen LogP contribution in [0.5, 0.6) is 0 Å². The third-order valence-electron chi connectivity index (χ3n) is 4.80. The Hall–Kier alpha value is -2.32. The minimum Gasteiger partial charge on any atom is -0.378 e. The van der Waals surface area contributed by atoms with Gasteiger partial charge in [0.2, 0.25) is 5.95 Å². The van der Waals surface area contributed by atoms with Gasteiger partial charge in [-0.05, 0) is 25.5 Å². The quantitative estimate of drug-likeness (QED) is 0.857. The molecular formula is C18H25N7O. The minimum absolute atomic E-state index is 0.382. The number of piperidine rings is 1. The summed E-state index contributed by atoms with van der Waals surface area (Å²) >= 11 is 0. The maximum absolute atomic E-state index is 5.41. The molecule has 8 heteroatoms. The number of morpholine rings is 1. The molecule has 2 aromatic rings. The van der Waals surface area contributed by atoms with Crippen LogP contribution in [-0.4, -0.2) is 70.3 Å².